The third kappa shape index (κ3) is 5.44. The van der Waals surface area contributed by atoms with Gasteiger partial charge in [0.25, 0.3) is 5.91 Å². The Labute approximate surface area is 166 Å². The van der Waals surface area contributed by atoms with E-state index < -0.39 is 10.0 Å². The van der Waals surface area contributed by atoms with Gasteiger partial charge in [0.2, 0.25) is 10.0 Å². The van der Waals surface area contributed by atoms with Gasteiger partial charge in [-0.15, -0.1) is 0 Å². The van der Waals surface area contributed by atoms with Crippen LogP contribution in [0, 0.1) is 0 Å². The van der Waals surface area contributed by atoms with E-state index in [9.17, 15) is 13.2 Å². The molecule has 0 atom stereocenters. The van der Waals surface area contributed by atoms with Crippen molar-refractivity contribution in [2.45, 2.75) is 38.1 Å². The molecule has 8 heteroatoms. The molecule has 1 N–H and O–H groups in total. The molecule has 1 saturated heterocycles. The summed E-state index contributed by atoms with van der Waals surface area (Å²) >= 11 is 5.94. The number of carbonyl (C=O) groups is 1. The van der Waals surface area contributed by atoms with Gasteiger partial charge in [-0.1, -0.05) is 30.9 Å². The van der Waals surface area contributed by atoms with E-state index in [0.717, 1.165) is 25.7 Å². The largest absolute Gasteiger partial charge is 0.335 e. The molecule has 0 aromatic heterocycles. The van der Waals surface area contributed by atoms with Crippen LogP contribution in [0.5, 0.6) is 0 Å². The third-order valence-corrected chi connectivity index (χ3v) is 7.53. The minimum atomic E-state index is -3.36. The molecule has 2 fully saturated rings. The van der Waals surface area contributed by atoms with Gasteiger partial charge in [0.1, 0.15) is 0 Å². The molecule has 1 aliphatic carbocycles. The van der Waals surface area contributed by atoms with Crippen molar-refractivity contribution >= 4 is 27.5 Å². The Bertz CT molecular complexity index is 727. The number of rotatable bonds is 6. The van der Waals surface area contributed by atoms with E-state index in [-0.39, 0.29) is 24.2 Å². The topological polar surface area (TPSA) is 69.7 Å². The van der Waals surface area contributed by atoms with Crippen molar-refractivity contribution in [2.75, 3.05) is 38.5 Å². The molecular formula is C19H28ClN3O3S. The molecule has 0 unspecified atom stereocenters. The van der Waals surface area contributed by atoms with Crippen molar-refractivity contribution in [3.8, 4) is 0 Å². The number of nitrogens with zero attached hydrogens (tertiary/aromatic N) is 2. The highest BCUT2D eigenvalue weighted by Gasteiger charge is 2.30. The minimum absolute atomic E-state index is 0.0250. The van der Waals surface area contributed by atoms with Crippen LogP contribution in [0.1, 0.15) is 42.5 Å². The van der Waals surface area contributed by atoms with Crippen molar-refractivity contribution in [2.24, 2.45) is 0 Å². The highest BCUT2D eigenvalue weighted by Crippen LogP contribution is 2.25. The van der Waals surface area contributed by atoms with Crippen LogP contribution in [0.25, 0.3) is 0 Å². The number of halogens is 1. The molecule has 150 valence electrons. The van der Waals surface area contributed by atoms with Gasteiger partial charge < -0.3 is 10.2 Å². The van der Waals surface area contributed by atoms with E-state index >= 15 is 0 Å². The minimum Gasteiger partial charge on any atom is -0.335 e. The first kappa shape index (κ1) is 20.6. The van der Waals surface area contributed by atoms with Gasteiger partial charge in [-0.25, -0.2) is 8.42 Å². The predicted octanol–water partition coefficient (Wildman–Crippen LogP) is 2.35. The zero-order chi connectivity index (χ0) is 19.3. The molecule has 1 heterocycles. The summed E-state index contributed by atoms with van der Waals surface area (Å²) < 4.78 is 27.0. The standard InChI is InChI=1S/C19H28ClN3O3S/c20-17-8-6-16(7-9-17)19(24)23(18-4-2-1-3-5-18)14-15-27(25,26)22-12-10-21-11-13-22/h6-9,18,21H,1-5,10-15H2. The molecule has 1 aromatic carbocycles. The molecule has 1 aromatic rings. The predicted molar refractivity (Wildman–Crippen MR) is 108 cm³/mol. The molecule has 0 radical (unpaired) electrons. The fourth-order valence-corrected chi connectivity index (χ4v) is 5.42. The van der Waals surface area contributed by atoms with E-state index in [1.54, 1.807) is 29.2 Å². The average molecular weight is 414 g/mol. The van der Waals surface area contributed by atoms with Gasteiger partial charge in [0.05, 0.1) is 5.75 Å². The number of amides is 1. The zero-order valence-corrected chi connectivity index (χ0v) is 17.1. The quantitative estimate of drug-likeness (QED) is 0.777. The van der Waals surface area contributed by atoms with Crippen LogP contribution < -0.4 is 5.32 Å². The fraction of sp³-hybridized carbons (Fsp3) is 0.632. The number of benzene rings is 1. The van der Waals surface area contributed by atoms with Crippen molar-refractivity contribution in [3.63, 3.8) is 0 Å². The van der Waals surface area contributed by atoms with Crippen LogP contribution >= 0.6 is 11.6 Å². The molecule has 1 saturated carbocycles. The Kier molecular flexibility index (Phi) is 7.14. The highest BCUT2D eigenvalue weighted by molar-refractivity contribution is 7.89. The van der Waals surface area contributed by atoms with Crippen LogP contribution in [0.15, 0.2) is 24.3 Å². The molecular weight excluding hydrogens is 386 g/mol. The van der Waals surface area contributed by atoms with Gasteiger partial charge in [0.15, 0.2) is 0 Å². The number of piperazine rings is 1. The Morgan fingerprint density at radius 3 is 2.37 bits per heavy atom. The Morgan fingerprint density at radius 2 is 1.74 bits per heavy atom. The van der Waals surface area contributed by atoms with Gasteiger partial charge >= 0.3 is 0 Å². The van der Waals surface area contributed by atoms with E-state index in [0.29, 0.717) is 36.8 Å². The summed E-state index contributed by atoms with van der Waals surface area (Å²) in [4.78, 5) is 14.9. The molecule has 0 bridgehead atoms. The molecule has 1 amide bonds. The van der Waals surface area contributed by atoms with Gasteiger partial charge in [-0.2, -0.15) is 4.31 Å². The number of hydrogen-bond acceptors (Lipinski definition) is 4. The second-order valence-electron chi connectivity index (χ2n) is 7.26. The molecule has 1 aliphatic heterocycles. The molecule has 2 aliphatic rings. The van der Waals surface area contributed by atoms with E-state index in [1.807, 2.05) is 0 Å². The van der Waals surface area contributed by atoms with Crippen LogP contribution in [0.2, 0.25) is 5.02 Å². The Balaban J connectivity index is 1.73. The van der Waals surface area contributed by atoms with Crippen LogP contribution in [0.3, 0.4) is 0 Å². The van der Waals surface area contributed by atoms with Crippen LogP contribution in [0.4, 0.5) is 0 Å². The first-order valence-electron chi connectivity index (χ1n) is 9.72. The monoisotopic (exact) mass is 413 g/mol. The summed E-state index contributed by atoms with van der Waals surface area (Å²) in [6, 6.07) is 6.94. The van der Waals surface area contributed by atoms with Crippen molar-refractivity contribution in [1.82, 2.24) is 14.5 Å². The first-order valence-corrected chi connectivity index (χ1v) is 11.7. The van der Waals surface area contributed by atoms with Crippen molar-refractivity contribution < 1.29 is 13.2 Å². The maximum Gasteiger partial charge on any atom is 0.254 e. The number of nitrogens with one attached hydrogen (secondary N) is 1. The van der Waals surface area contributed by atoms with Crippen molar-refractivity contribution in [3.05, 3.63) is 34.9 Å². The summed E-state index contributed by atoms with van der Waals surface area (Å²) in [7, 11) is -3.36. The van der Waals surface area contributed by atoms with Gasteiger partial charge in [0, 0.05) is 49.4 Å². The van der Waals surface area contributed by atoms with Crippen LogP contribution in [-0.2, 0) is 10.0 Å². The molecule has 3 rings (SSSR count). The summed E-state index contributed by atoms with van der Waals surface area (Å²) in [5.74, 6) is -0.128. The summed E-state index contributed by atoms with van der Waals surface area (Å²) in [6.45, 7) is 2.58. The maximum absolute atomic E-state index is 13.1. The van der Waals surface area contributed by atoms with Crippen LogP contribution in [-0.4, -0.2) is 68.0 Å². The van der Waals surface area contributed by atoms with E-state index in [2.05, 4.69) is 5.32 Å². The van der Waals surface area contributed by atoms with Gasteiger partial charge in [-0.05, 0) is 37.1 Å². The van der Waals surface area contributed by atoms with Gasteiger partial charge in [-0.3, -0.25) is 4.79 Å². The lowest BCUT2D eigenvalue weighted by atomic mass is 9.93. The smallest absolute Gasteiger partial charge is 0.254 e. The van der Waals surface area contributed by atoms with Crippen molar-refractivity contribution in [1.29, 1.82) is 0 Å². The number of hydrogen-bond donors (Lipinski definition) is 1. The first-order chi connectivity index (χ1) is 13.0. The lowest BCUT2D eigenvalue weighted by Gasteiger charge is -2.35. The Morgan fingerprint density at radius 1 is 1.11 bits per heavy atom. The summed E-state index contributed by atoms with van der Waals surface area (Å²) in [6.07, 6.45) is 5.22. The summed E-state index contributed by atoms with van der Waals surface area (Å²) in [5, 5.41) is 3.75. The lowest BCUT2D eigenvalue weighted by Crippen LogP contribution is -2.49. The highest BCUT2D eigenvalue weighted by atomic mass is 35.5. The third-order valence-electron chi connectivity index (χ3n) is 5.43. The normalized spacial score (nSPS) is 19.7. The second kappa shape index (κ2) is 9.37. The summed E-state index contributed by atoms with van der Waals surface area (Å²) in [5.41, 5.74) is 0.560. The molecule has 0 spiro atoms. The maximum atomic E-state index is 13.1. The van der Waals surface area contributed by atoms with E-state index in [4.69, 9.17) is 11.6 Å². The second-order valence-corrected chi connectivity index (χ2v) is 9.79. The fourth-order valence-electron chi connectivity index (χ4n) is 3.87. The molecule has 27 heavy (non-hydrogen) atoms. The zero-order valence-electron chi connectivity index (χ0n) is 15.6. The van der Waals surface area contributed by atoms with E-state index in [1.165, 1.54) is 10.7 Å². The number of carbonyl (C=O) groups excluding carboxylic acids is 1. The lowest BCUT2D eigenvalue weighted by molar-refractivity contribution is 0.0649. The SMILES string of the molecule is O=C(c1ccc(Cl)cc1)N(CCS(=O)(=O)N1CCNCC1)C1CCCCC1. The molecule has 6 nitrogen and oxygen atoms in total. The average Bonchev–Trinajstić information content (AvgIpc) is 2.70. The Hall–Kier alpha value is -1.15. The number of sulfonamides is 1.